The molecule has 0 amide bonds. The van der Waals surface area contributed by atoms with E-state index in [2.05, 4.69) is 24.4 Å². The molecule has 0 saturated carbocycles. The summed E-state index contributed by atoms with van der Waals surface area (Å²) in [5.41, 5.74) is 2.83. The van der Waals surface area contributed by atoms with E-state index in [1.165, 1.54) is 24.0 Å². The molecule has 0 radical (unpaired) electrons. The van der Waals surface area contributed by atoms with Crippen LogP contribution in [0.25, 0.3) is 0 Å². The maximum Gasteiger partial charge on any atom is 0.0408 e. The van der Waals surface area contributed by atoms with Crippen LogP contribution in [0.2, 0.25) is 5.02 Å². The van der Waals surface area contributed by atoms with Crippen molar-refractivity contribution in [2.75, 3.05) is 6.54 Å². The summed E-state index contributed by atoms with van der Waals surface area (Å²) >= 11 is 5.98. The van der Waals surface area contributed by atoms with Crippen molar-refractivity contribution in [3.63, 3.8) is 0 Å². The lowest BCUT2D eigenvalue weighted by atomic mass is 9.98. The highest BCUT2D eigenvalue weighted by atomic mass is 35.5. The average Bonchev–Trinajstić information content (AvgIpc) is 2.70. The average molecular weight is 210 g/mol. The van der Waals surface area contributed by atoms with Crippen LogP contribution in [0.15, 0.2) is 18.2 Å². The second-order valence-electron chi connectivity index (χ2n) is 3.85. The van der Waals surface area contributed by atoms with Gasteiger partial charge in [-0.1, -0.05) is 24.6 Å². The molecule has 0 bridgehead atoms. The van der Waals surface area contributed by atoms with Crippen LogP contribution in [-0.2, 0) is 6.42 Å². The topological polar surface area (TPSA) is 12.0 Å². The highest BCUT2D eigenvalue weighted by Gasteiger charge is 2.18. The van der Waals surface area contributed by atoms with E-state index in [-0.39, 0.29) is 0 Å². The van der Waals surface area contributed by atoms with Crippen molar-refractivity contribution in [3.05, 3.63) is 34.3 Å². The van der Waals surface area contributed by atoms with Gasteiger partial charge in [0.05, 0.1) is 0 Å². The van der Waals surface area contributed by atoms with Gasteiger partial charge in [-0.25, -0.2) is 0 Å². The second kappa shape index (κ2) is 4.33. The molecule has 1 aliphatic heterocycles. The van der Waals surface area contributed by atoms with Crippen molar-refractivity contribution < 1.29 is 0 Å². The minimum absolute atomic E-state index is 0.558. The third kappa shape index (κ3) is 1.94. The Kier molecular flexibility index (Phi) is 3.09. The fourth-order valence-electron chi connectivity index (χ4n) is 2.17. The lowest BCUT2D eigenvalue weighted by Crippen LogP contribution is -2.14. The molecule has 1 aliphatic rings. The van der Waals surface area contributed by atoms with Gasteiger partial charge in [0.2, 0.25) is 0 Å². The molecule has 1 N–H and O–H groups in total. The van der Waals surface area contributed by atoms with Crippen molar-refractivity contribution in [2.24, 2.45) is 0 Å². The molecule has 14 heavy (non-hydrogen) atoms. The molecular weight excluding hydrogens is 194 g/mol. The van der Waals surface area contributed by atoms with E-state index >= 15 is 0 Å². The number of aryl methyl sites for hydroxylation is 1. The SMILES string of the molecule is CCc1cc(Cl)ccc1[C@H]1CCCN1. The molecule has 0 spiro atoms. The van der Waals surface area contributed by atoms with Crippen LogP contribution >= 0.6 is 11.6 Å². The fraction of sp³-hybridized carbons (Fsp3) is 0.500. The molecule has 2 rings (SSSR count). The minimum atomic E-state index is 0.558. The summed E-state index contributed by atoms with van der Waals surface area (Å²) in [7, 11) is 0. The Labute approximate surface area is 90.5 Å². The maximum absolute atomic E-state index is 5.98. The van der Waals surface area contributed by atoms with E-state index in [9.17, 15) is 0 Å². The third-order valence-corrected chi connectivity index (χ3v) is 3.16. The summed E-state index contributed by atoms with van der Waals surface area (Å²) in [5, 5.41) is 4.37. The maximum atomic E-state index is 5.98. The minimum Gasteiger partial charge on any atom is -0.310 e. The quantitative estimate of drug-likeness (QED) is 0.788. The zero-order valence-electron chi connectivity index (χ0n) is 8.52. The van der Waals surface area contributed by atoms with Gasteiger partial charge in [-0.05, 0) is 49.1 Å². The normalized spacial score (nSPS) is 21.4. The Morgan fingerprint density at radius 3 is 3.00 bits per heavy atom. The van der Waals surface area contributed by atoms with Crippen molar-refractivity contribution in [1.29, 1.82) is 0 Å². The first-order valence-corrected chi connectivity index (χ1v) is 5.70. The van der Waals surface area contributed by atoms with Gasteiger partial charge in [0.15, 0.2) is 0 Å². The van der Waals surface area contributed by atoms with Gasteiger partial charge in [-0.3, -0.25) is 0 Å². The Morgan fingerprint density at radius 1 is 1.50 bits per heavy atom. The van der Waals surface area contributed by atoms with E-state index in [1.807, 2.05) is 6.07 Å². The van der Waals surface area contributed by atoms with Crippen LogP contribution in [0.1, 0.15) is 36.9 Å². The van der Waals surface area contributed by atoms with Crippen LogP contribution in [0.4, 0.5) is 0 Å². The predicted molar refractivity (Wildman–Crippen MR) is 60.8 cm³/mol. The molecule has 1 saturated heterocycles. The fourth-order valence-corrected chi connectivity index (χ4v) is 2.37. The molecule has 1 heterocycles. The van der Waals surface area contributed by atoms with Crippen molar-refractivity contribution in [1.82, 2.24) is 5.32 Å². The van der Waals surface area contributed by atoms with Crippen LogP contribution in [0.5, 0.6) is 0 Å². The zero-order valence-corrected chi connectivity index (χ0v) is 9.27. The number of nitrogens with one attached hydrogen (secondary N) is 1. The van der Waals surface area contributed by atoms with Crippen molar-refractivity contribution >= 4 is 11.6 Å². The summed E-state index contributed by atoms with van der Waals surface area (Å²) in [6, 6.07) is 6.82. The Hall–Kier alpha value is -0.530. The van der Waals surface area contributed by atoms with Crippen molar-refractivity contribution in [3.8, 4) is 0 Å². The van der Waals surface area contributed by atoms with Crippen LogP contribution in [-0.4, -0.2) is 6.54 Å². The van der Waals surface area contributed by atoms with E-state index in [4.69, 9.17) is 11.6 Å². The largest absolute Gasteiger partial charge is 0.310 e. The standard InChI is InChI=1S/C12H16ClN/c1-2-9-8-10(13)5-6-11(9)12-4-3-7-14-12/h5-6,8,12,14H,2-4,7H2,1H3/t12-/m1/s1. The lowest BCUT2D eigenvalue weighted by Gasteiger charge is -2.15. The first-order valence-electron chi connectivity index (χ1n) is 5.33. The lowest BCUT2D eigenvalue weighted by molar-refractivity contribution is 0.641. The molecule has 0 aromatic heterocycles. The number of hydrogen-bond acceptors (Lipinski definition) is 1. The summed E-state index contributed by atoms with van der Waals surface area (Å²) < 4.78 is 0. The van der Waals surface area contributed by atoms with E-state index in [1.54, 1.807) is 0 Å². The number of rotatable bonds is 2. The van der Waals surface area contributed by atoms with Gasteiger partial charge in [0.25, 0.3) is 0 Å². The first kappa shape index (κ1) is 10.0. The van der Waals surface area contributed by atoms with Gasteiger partial charge >= 0.3 is 0 Å². The van der Waals surface area contributed by atoms with Gasteiger partial charge in [0, 0.05) is 11.1 Å². The van der Waals surface area contributed by atoms with E-state index in [0.29, 0.717) is 6.04 Å². The highest BCUT2D eigenvalue weighted by molar-refractivity contribution is 6.30. The Morgan fingerprint density at radius 2 is 2.36 bits per heavy atom. The number of hydrogen-bond donors (Lipinski definition) is 1. The van der Waals surface area contributed by atoms with E-state index < -0.39 is 0 Å². The third-order valence-electron chi connectivity index (χ3n) is 2.92. The molecule has 0 unspecified atom stereocenters. The van der Waals surface area contributed by atoms with Crippen molar-refractivity contribution in [2.45, 2.75) is 32.2 Å². The molecule has 1 atom stereocenters. The van der Waals surface area contributed by atoms with Gasteiger partial charge in [0.1, 0.15) is 0 Å². The predicted octanol–water partition coefficient (Wildman–Crippen LogP) is 3.33. The van der Waals surface area contributed by atoms with Gasteiger partial charge in [-0.2, -0.15) is 0 Å². The van der Waals surface area contributed by atoms with Crippen LogP contribution in [0.3, 0.4) is 0 Å². The highest BCUT2D eigenvalue weighted by Crippen LogP contribution is 2.28. The van der Waals surface area contributed by atoms with E-state index in [0.717, 1.165) is 18.0 Å². The van der Waals surface area contributed by atoms with Gasteiger partial charge < -0.3 is 5.32 Å². The Balaban J connectivity index is 2.31. The molecular formula is C12H16ClN. The summed E-state index contributed by atoms with van der Waals surface area (Å²) in [4.78, 5) is 0. The number of halogens is 1. The number of benzene rings is 1. The summed E-state index contributed by atoms with van der Waals surface area (Å²) in [6.07, 6.45) is 3.61. The molecule has 1 aromatic carbocycles. The molecule has 2 heteroatoms. The van der Waals surface area contributed by atoms with Crippen LogP contribution < -0.4 is 5.32 Å². The zero-order chi connectivity index (χ0) is 9.97. The summed E-state index contributed by atoms with van der Waals surface area (Å²) in [6.45, 7) is 3.33. The summed E-state index contributed by atoms with van der Waals surface area (Å²) in [5.74, 6) is 0. The molecule has 0 aliphatic carbocycles. The molecule has 1 nitrogen and oxygen atoms in total. The smallest absolute Gasteiger partial charge is 0.0408 e. The Bertz CT molecular complexity index is 316. The molecule has 76 valence electrons. The molecule has 1 aromatic rings. The monoisotopic (exact) mass is 209 g/mol. The first-order chi connectivity index (χ1) is 6.81. The molecule has 1 fully saturated rings. The van der Waals surface area contributed by atoms with Gasteiger partial charge in [-0.15, -0.1) is 0 Å². The second-order valence-corrected chi connectivity index (χ2v) is 4.28. The van der Waals surface area contributed by atoms with Crippen LogP contribution in [0, 0.1) is 0 Å².